The van der Waals surface area contributed by atoms with Crippen LogP contribution in [0.25, 0.3) is 10.1 Å². The molecule has 3 N–H and O–H groups in total. The number of rotatable bonds is 4. The van der Waals surface area contributed by atoms with Gasteiger partial charge in [0.05, 0.1) is 4.88 Å². The molecule has 2 aromatic carbocycles. The Labute approximate surface area is 127 Å². The fourth-order valence-electron chi connectivity index (χ4n) is 2.16. The second kappa shape index (κ2) is 6.08. The van der Waals surface area contributed by atoms with E-state index in [0.29, 0.717) is 13.1 Å². The lowest BCUT2D eigenvalue weighted by Crippen LogP contribution is -2.21. The van der Waals surface area contributed by atoms with Gasteiger partial charge in [-0.2, -0.15) is 0 Å². The molecule has 1 amide bonds. The lowest BCUT2D eigenvalue weighted by Gasteiger charge is -2.04. The summed E-state index contributed by atoms with van der Waals surface area (Å²) in [6.45, 7) is 1.06. The monoisotopic (exact) mass is 296 g/mol. The van der Waals surface area contributed by atoms with Gasteiger partial charge in [-0.1, -0.05) is 42.5 Å². The van der Waals surface area contributed by atoms with Crippen molar-refractivity contribution in [2.45, 2.75) is 13.1 Å². The fourth-order valence-corrected chi connectivity index (χ4v) is 3.14. The van der Waals surface area contributed by atoms with E-state index >= 15 is 0 Å². The Morgan fingerprint density at radius 1 is 1.05 bits per heavy atom. The number of hydrogen-bond acceptors (Lipinski definition) is 3. The zero-order valence-electron chi connectivity index (χ0n) is 11.5. The number of carbonyl (C=O) groups is 1. The standard InChI is InChI=1S/C17H16N2OS/c18-10-12-5-7-13(8-6-12)11-19-17(20)16-9-14-3-1-2-4-15(14)21-16/h1-9H,10-11,18H2,(H,19,20). The van der Waals surface area contributed by atoms with Gasteiger partial charge in [0.2, 0.25) is 0 Å². The van der Waals surface area contributed by atoms with Crippen LogP contribution in [0.1, 0.15) is 20.8 Å². The van der Waals surface area contributed by atoms with Crippen LogP contribution >= 0.6 is 11.3 Å². The van der Waals surface area contributed by atoms with Gasteiger partial charge in [0.25, 0.3) is 5.91 Å². The Bertz CT molecular complexity index is 729. The summed E-state index contributed by atoms with van der Waals surface area (Å²) in [4.78, 5) is 12.9. The molecule has 0 aliphatic carbocycles. The van der Waals surface area contributed by atoms with Gasteiger partial charge >= 0.3 is 0 Å². The van der Waals surface area contributed by atoms with Crippen LogP contribution in [0.15, 0.2) is 54.6 Å². The molecule has 21 heavy (non-hydrogen) atoms. The first-order valence-electron chi connectivity index (χ1n) is 6.81. The molecule has 0 spiro atoms. The first-order valence-corrected chi connectivity index (χ1v) is 7.62. The molecule has 0 unspecified atom stereocenters. The molecule has 0 bridgehead atoms. The molecule has 3 nitrogen and oxygen atoms in total. The highest BCUT2D eigenvalue weighted by Crippen LogP contribution is 2.25. The number of fused-ring (bicyclic) bond motifs is 1. The molecule has 3 aromatic rings. The van der Waals surface area contributed by atoms with Crippen LogP contribution in [-0.4, -0.2) is 5.91 Å². The Morgan fingerprint density at radius 2 is 1.76 bits per heavy atom. The molecule has 0 fully saturated rings. The van der Waals surface area contributed by atoms with Gasteiger partial charge < -0.3 is 11.1 Å². The minimum absolute atomic E-state index is 0.0286. The average molecular weight is 296 g/mol. The third-order valence-corrected chi connectivity index (χ3v) is 4.48. The molecular weight excluding hydrogens is 280 g/mol. The molecule has 3 rings (SSSR count). The third-order valence-electron chi connectivity index (χ3n) is 3.36. The smallest absolute Gasteiger partial charge is 0.261 e. The summed E-state index contributed by atoms with van der Waals surface area (Å²) in [5.41, 5.74) is 7.73. The van der Waals surface area contributed by atoms with E-state index in [1.54, 1.807) is 0 Å². The van der Waals surface area contributed by atoms with Gasteiger partial charge in [0.15, 0.2) is 0 Å². The molecule has 1 aromatic heterocycles. The molecule has 0 radical (unpaired) electrons. The van der Waals surface area contributed by atoms with Crippen molar-refractivity contribution in [2.75, 3.05) is 0 Å². The van der Waals surface area contributed by atoms with Gasteiger partial charge in [0, 0.05) is 17.8 Å². The lowest BCUT2D eigenvalue weighted by molar-refractivity contribution is 0.0955. The van der Waals surface area contributed by atoms with Crippen molar-refractivity contribution in [3.05, 3.63) is 70.6 Å². The number of thiophene rings is 1. The summed E-state index contributed by atoms with van der Waals surface area (Å²) in [5, 5.41) is 4.06. The van der Waals surface area contributed by atoms with Crippen LogP contribution in [0.5, 0.6) is 0 Å². The molecule has 0 atom stereocenters. The highest BCUT2D eigenvalue weighted by Gasteiger charge is 2.09. The van der Waals surface area contributed by atoms with E-state index in [2.05, 4.69) is 5.32 Å². The van der Waals surface area contributed by atoms with Gasteiger partial charge in [-0.25, -0.2) is 0 Å². The molecule has 106 valence electrons. The molecule has 4 heteroatoms. The van der Waals surface area contributed by atoms with Gasteiger partial charge in [-0.05, 0) is 28.6 Å². The second-order valence-electron chi connectivity index (χ2n) is 4.85. The topological polar surface area (TPSA) is 55.1 Å². The van der Waals surface area contributed by atoms with Crippen LogP contribution in [-0.2, 0) is 13.1 Å². The Hall–Kier alpha value is -2.17. The first kappa shape index (κ1) is 13.8. The number of nitrogens with one attached hydrogen (secondary N) is 1. The number of hydrogen-bond donors (Lipinski definition) is 2. The quantitative estimate of drug-likeness (QED) is 0.776. The van der Waals surface area contributed by atoms with Crippen LogP contribution < -0.4 is 11.1 Å². The number of amides is 1. The summed E-state index contributed by atoms with van der Waals surface area (Å²) in [7, 11) is 0. The highest BCUT2D eigenvalue weighted by atomic mass is 32.1. The second-order valence-corrected chi connectivity index (χ2v) is 5.94. The van der Waals surface area contributed by atoms with Crippen molar-refractivity contribution in [3.8, 4) is 0 Å². The molecule has 0 aliphatic heterocycles. The van der Waals surface area contributed by atoms with Gasteiger partial charge in [0.1, 0.15) is 0 Å². The average Bonchev–Trinajstić information content (AvgIpc) is 2.97. The van der Waals surface area contributed by atoms with E-state index in [9.17, 15) is 4.79 Å². The first-order chi connectivity index (χ1) is 10.3. The molecular formula is C17H16N2OS. The van der Waals surface area contributed by atoms with E-state index in [0.717, 1.165) is 26.1 Å². The molecule has 0 saturated carbocycles. The Balaban J connectivity index is 1.68. The third kappa shape index (κ3) is 3.12. The van der Waals surface area contributed by atoms with E-state index < -0.39 is 0 Å². The van der Waals surface area contributed by atoms with Crippen LogP contribution in [0.4, 0.5) is 0 Å². The number of carbonyl (C=O) groups excluding carboxylic acids is 1. The molecule has 0 aliphatic rings. The SMILES string of the molecule is NCc1ccc(CNC(=O)c2cc3ccccc3s2)cc1. The number of nitrogens with two attached hydrogens (primary N) is 1. The minimum atomic E-state index is -0.0286. The van der Waals surface area contributed by atoms with Crippen molar-refractivity contribution in [1.82, 2.24) is 5.32 Å². The summed E-state index contributed by atoms with van der Waals surface area (Å²) in [5.74, 6) is -0.0286. The predicted molar refractivity (Wildman–Crippen MR) is 87.3 cm³/mol. The van der Waals surface area contributed by atoms with Crippen LogP contribution in [0, 0.1) is 0 Å². The van der Waals surface area contributed by atoms with E-state index in [-0.39, 0.29) is 5.91 Å². The van der Waals surface area contributed by atoms with Gasteiger partial charge in [-0.15, -0.1) is 11.3 Å². The minimum Gasteiger partial charge on any atom is -0.347 e. The lowest BCUT2D eigenvalue weighted by atomic mass is 10.1. The van der Waals surface area contributed by atoms with E-state index in [1.165, 1.54) is 11.3 Å². The number of benzene rings is 2. The van der Waals surface area contributed by atoms with Crippen molar-refractivity contribution in [2.24, 2.45) is 5.73 Å². The summed E-state index contributed by atoms with van der Waals surface area (Å²) < 4.78 is 1.13. The highest BCUT2D eigenvalue weighted by molar-refractivity contribution is 7.20. The fraction of sp³-hybridized carbons (Fsp3) is 0.118. The summed E-state index contributed by atoms with van der Waals surface area (Å²) >= 11 is 1.52. The maximum atomic E-state index is 12.2. The Morgan fingerprint density at radius 3 is 2.48 bits per heavy atom. The van der Waals surface area contributed by atoms with E-state index in [4.69, 9.17) is 5.73 Å². The summed E-state index contributed by atoms with van der Waals surface area (Å²) in [6.07, 6.45) is 0. The van der Waals surface area contributed by atoms with Crippen molar-refractivity contribution < 1.29 is 4.79 Å². The van der Waals surface area contributed by atoms with Crippen LogP contribution in [0.3, 0.4) is 0 Å². The molecule has 0 saturated heterocycles. The molecule has 1 heterocycles. The summed E-state index contributed by atoms with van der Waals surface area (Å²) in [6, 6.07) is 17.9. The van der Waals surface area contributed by atoms with Crippen molar-refractivity contribution >= 4 is 27.3 Å². The van der Waals surface area contributed by atoms with E-state index in [1.807, 2.05) is 54.6 Å². The predicted octanol–water partition coefficient (Wildman–Crippen LogP) is 3.29. The van der Waals surface area contributed by atoms with Gasteiger partial charge in [-0.3, -0.25) is 4.79 Å². The normalized spacial score (nSPS) is 10.7. The zero-order chi connectivity index (χ0) is 14.7. The maximum Gasteiger partial charge on any atom is 0.261 e. The zero-order valence-corrected chi connectivity index (χ0v) is 12.3. The Kier molecular flexibility index (Phi) is 3.99. The maximum absolute atomic E-state index is 12.2. The largest absolute Gasteiger partial charge is 0.347 e. The van der Waals surface area contributed by atoms with Crippen molar-refractivity contribution in [1.29, 1.82) is 0 Å². The van der Waals surface area contributed by atoms with Crippen LogP contribution in [0.2, 0.25) is 0 Å². The van der Waals surface area contributed by atoms with Crippen molar-refractivity contribution in [3.63, 3.8) is 0 Å².